The van der Waals surface area contributed by atoms with Crippen LogP contribution < -0.4 is 14.8 Å². The zero-order valence-corrected chi connectivity index (χ0v) is 21.3. The lowest BCUT2D eigenvalue weighted by molar-refractivity contribution is 0.0816. The fourth-order valence-corrected chi connectivity index (χ4v) is 5.16. The van der Waals surface area contributed by atoms with Crippen LogP contribution in [0.4, 0.5) is 10.1 Å². The van der Waals surface area contributed by atoms with Crippen LogP contribution in [0.5, 0.6) is 17.2 Å². The Labute approximate surface area is 222 Å². The summed E-state index contributed by atoms with van der Waals surface area (Å²) >= 11 is 5.71. The molecule has 2 N–H and O–H groups in total. The van der Waals surface area contributed by atoms with Crippen molar-refractivity contribution < 1.29 is 19.0 Å². The molecule has 3 aromatic rings. The second kappa shape index (κ2) is 11.9. The van der Waals surface area contributed by atoms with Gasteiger partial charge in [0.2, 0.25) is 0 Å². The minimum absolute atomic E-state index is 0.0413. The van der Waals surface area contributed by atoms with Gasteiger partial charge >= 0.3 is 0 Å². The minimum Gasteiger partial charge on any atom is -0.457 e. The highest BCUT2D eigenvalue weighted by atomic mass is 35.5. The number of aliphatic hydroxyl groups is 1. The summed E-state index contributed by atoms with van der Waals surface area (Å²) in [5, 5.41) is 13.7. The Morgan fingerprint density at radius 2 is 1.65 bits per heavy atom. The molecular formula is C30H30ClFN2O3. The number of piperidine rings is 2. The van der Waals surface area contributed by atoms with Crippen LogP contribution >= 0.6 is 11.6 Å². The SMILES string of the molecule is OC(Nc1ccc(OC#CC2CCCN3CCCCC23)cc1)c1ccc(Oc2ccc(Cl)c(F)c2)cc1. The van der Waals surface area contributed by atoms with Crippen molar-refractivity contribution in [1.82, 2.24) is 4.90 Å². The molecule has 0 saturated carbocycles. The average molecular weight is 521 g/mol. The van der Waals surface area contributed by atoms with E-state index in [0.717, 1.165) is 12.1 Å². The van der Waals surface area contributed by atoms with Gasteiger partial charge in [-0.05, 0) is 87.3 Å². The predicted molar refractivity (Wildman–Crippen MR) is 143 cm³/mol. The van der Waals surface area contributed by atoms with Gasteiger partial charge in [0.1, 0.15) is 29.2 Å². The highest BCUT2D eigenvalue weighted by Crippen LogP contribution is 2.31. The molecule has 0 aromatic heterocycles. The van der Waals surface area contributed by atoms with Gasteiger partial charge in [0, 0.05) is 29.3 Å². The molecule has 2 aliphatic rings. The molecule has 5 rings (SSSR count). The van der Waals surface area contributed by atoms with Crippen molar-refractivity contribution in [3.8, 4) is 29.3 Å². The lowest BCUT2D eigenvalue weighted by Gasteiger charge is -2.42. The minimum atomic E-state index is -0.918. The third-order valence-corrected chi connectivity index (χ3v) is 7.29. The molecular weight excluding hydrogens is 491 g/mol. The molecule has 0 bridgehead atoms. The maximum Gasteiger partial charge on any atom is 0.150 e. The number of ether oxygens (including phenoxy) is 2. The van der Waals surface area contributed by atoms with Gasteiger partial charge in [-0.2, -0.15) is 0 Å². The summed E-state index contributed by atoms with van der Waals surface area (Å²) in [6, 6.07) is 19.1. The number of rotatable bonds is 6. The van der Waals surface area contributed by atoms with E-state index in [1.165, 1.54) is 50.9 Å². The molecule has 3 atom stereocenters. The summed E-state index contributed by atoms with van der Waals surface area (Å²) in [6.45, 7) is 2.40. The molecule has 3 aromatic carbocycles. The second-order valence-electron chi connectivity index (χ2n) is 9.51. The van der Waals surface area contributed by atoms with Gasteiger partial charge in [-0.1, -0.05) is 36.1 Å². The first-order valence-corrected chi connectivity index (χ1v) is 13.1. The van der Waals surface area contributed by atoms with E-state index >= 15 is 0 Å². The second-order valence-corrected chi connectivity index (χ2v) is 9.92. The number of halogens is 2. The van der Waals surface area contributed by atoms with Gasteiger partial charge in [-0.25, -0.2) is 4.39 Å². The van der Waals surface area contributed by atoms with Gasteiger partial charge in [0.05, 0.1) is 5.02 Å². The smallest absolute Gasteiger partial charge is 0.150 e. The Hall–Kier alpha value is -3.24. The topological polar surface area (TPSA) is 54.0 Å². The van der Waals surface area contributed by atoms with Crippen molar-refractivity contribution in [3.63, 3.8) is 0 Å². The van der Waals surface area contributed by atoms with E-state index in [2.05, 4.69) is 22.2 Å². The van der Waals surface area contributed by atoms with Crippen LogP contribution in [0.2, 0.25) is 5.02 Å². The van der Waals surface area contributed by atoms with Crippen molar-refractivity contribution in [2.24, 2.45) is 5.92 Å². The van der Waals surface area contributed by atoms with Crippen molar-refractivity contribution in [2.75, 3.05) is 18.4 Å². The van der Waals surface area contributed by atoms with E-state index < -0.39 is 12.0 Å². The molecule has 2 saturated heterocycles. The molecule has 192 valence electrons. The van der Waals surface area contributed by atoms with E-state index in [4.69, 9.17) is 21.1 Å². The first-order valence-electron chi connectivity index (χ1n) is 12.7. The maximum atomic E-state index is 13.6. The van der Waals surface area contributed by atoms with Crippen LogP contribution in [0.1, 0.15) is 43.9 Å². The normalized spacial score (nSPS) is 20.2. The van der Waals surface area contributed by atoms with Gasteiger partial charge in [0.15, 0.2) is 6.23 Å². The van der Waals surface area contributed by atoms with E-state index in [1.54, 1.807) is 30.3 Å². The van der Waals surface area contributed by atoms with Gasteiger partial charge in [-0.3, -0.25) is 4.90 Å². The predicted octanol–water partition coefficient (Wildman–Crippen LogP) is 6.98. The number of anilines is 1. The summed E-state index contributed by atoms with van der Waals surface area (Å²) in [4.78, 5) is 2.60. The van der Waals surface area contributed by atoms with Crippen LogP contribution in [0.3, 0.4) is 0 Å². The van der Waals surface area contributed by atoms with Crippen LogP contribution in [0.15, 0.2) is 66.7 Å². The largest absolute Gasteiger partial charge is 0.457 e. The molecule has 37 heavy (non-hydrogen) atoms. The monoisotopic (exact) mass is 520 g/mol. The first-order chi connectivity index (χ1) is 18.0. The van der Waals surface area contributed by atoms with Gasteiger partial charge in [-0.15, -0.1) is 0 Å². The van der Waals surface area contributed by atoms with Crippen molar-refractivity contribution >= 4 is 17.3 Å². The van der Waals surface area contributed by atoms with Crippen molar-refractivity contribution in [3.05, 3.63) is 83.1 Å². The summed E-state index contributed by atoms with van der Waals surface area (Å²) < 4.78 is 25.0. The van der Waals surface area contributed by atoms with E-state index in [9.17, 15) is 9.50 Å². The zero-order valence-electron chi connectivity index (χ0n) is 20.5. The first kappa shape index (κ1) is 25.4. The van der Waals surface area contributed by atoms with Crippen LogP contribution in [0, 0.1) is 23.8 Å². The third-order valence-electron chi connectivity index (χ3n) is 6.98. The lowest BCUT2D eigenvalue weighted by Crippen LogP contribution is -2.47. The number of benzene rings is 3. The Morgan fingerprint density at radius 3 is 2.43 bits per heavy atom. The Bertz CT molecular complexity index is 1250. The van der Waals surface area contributed by atoms with Gasteiger partial charge in [0.25, 0.3) is 0 Å². The van der Waals surface area contributed by atoms with Crippen LogP contribution in [-0.2, 0) is 0 Å². The number of nitrogens with one attached hydrogen (secondary N) is 1. The van der Waals surface area contributed by atoms with Crippen molar-refractivity contribution in [1.29, 1.82) is 0 Å². The number of hydrogen-bond acceptors (Lipinski definition) is 5. The van der Waals surface area contributed by atoms with E-state index in [0.29, 0.717) is 34.8 Å². The summed E-state index contributed by atoms with van der Waals surface area (Å²) in [5.74, 6) is 4.73. The Kier molecular flexibility index (Phi) is 8.15. The fourth-order valence-electron chi connectivity index (χ4n) is 5.04. The molecule has 0 spiro atoms. The molecule has 2 heterocycles. The van der Waals surface area contributed by atoms with E-state index in [-0.39, 0.29) is 5.02 Å². The quantitative estimate of drug-likeness (QED) is 0.271. The number of aliphatic hydroxyl groups excluding tert-OH is 1. The average Bonchev–Trinajstić information content (AvgIpc) is 2.92. The lowest BCUT2D eigenvalue weighted by atomic mass is 9.84. The van der Waals surface area contributed by atoms with Crippen molar-refractivity contribution in [2.45, 2.75) is 44.4 Å². The van der Waals surface area contributed by atoms with Gasteiger partial charge < -0.3 is 19.9 Å². The standard InChI is InChI=1S/C30H30ClFN2O3/c31-27-15-14-26(20-28(27)32)37-25-10-6-22(7-11-25)30(35)33-23-8-12-24(13-9-23)36-19-16-21-4-3-18-34-17-2-1-5-29(21)34/h6-15,20-21,29-30,33,35H,1-5,17-18H2. The summed E-state index contributed by atoms with van der Waals surface area (Å²) in [6.07, 6.45) is 8.20. The molecule has 0 radical (unpaired) electrons. The molecule has 3 unspecified atom stereocenters. The Morgan fingerprint density at radius 1 is 0.919 bits per heavy atom. The van der Waals surface area contributed by atoms with Crippen LogP contribution in [-0.4, -0.2) is 29.1 Å². The molecule has 0 amide bonds. The number of fused-ring (bicyclic) bond motifs is 1. The molecule has 5 nitrogen and oxygen atoms in total. The molecule has 7 heteroatoms. The Balaban J connectivity index is 1.13. The van der Waals surface area contributed by atoms with E-state index in [1.807, 2.05) is 24.3 Å². The highest BCUT2D eigenvalue weighted by molar-refractivity contribution is 6.30. The fraction of sp³-hybridized carbons (Fsp3) is 0.333. The molecule has 2 aliphatic heterocycles. The molecule has 0 aliphatic carbocycles. The summed E-state index contributed by atoms with van der Waals surface area (Å²) in [7, 11) is 0. The third kappa shape index (κ3) is 6.56. The maximum absolute atomic E-state index is 13.6. The summed E-state index contributed by atoms with van der Waals surface area (Å²) in [5.41, 5.74) is 1.40. The zero-order chi connectivity index (χ0) is 25.6. The number of hydrogen-bond donors (Lipinski definition) is 2. The molecule has 2 fully saturated rings. The highest BCUT2D eigenvalue weighted by Gasteiger charge is 2.32. The van der Waals surface area contributed by atoms with Crippen LogP contribution in [0.25, 0.3) is 0 Å². The number of nitrogens with zero attached hydrogens (tertiary/aromatic N) is 1.